The molecule has 2 aromatic rings. The summed E-state index contributed by atoms with van der Waals surface area (Å²) >= 11 is 0. The maximum atomic E-state index is 13.5. The zero-order chi connectivity index (χ0) is 25.8. The molecule has 4 rings (SSSR count). The van der Waals surface area contributed by atoms with Gasteiger partial charge in [0.25, 0.3) is 5.91 Å². The van der Waals surface area contributed by atoms with Crippen LogP contribution in [0.2, 0.25) is 0 Å². The summed E-state index contributed by atoms with van der Waals surface area (Å²) in [4.78, 5) is 43.4. The predicted octanol–water partition coefficient (Wildman–Crippen LogP) is 0.774. The Bertz CT molecular complexity index is 1130. The van der Waals surface area contributed by atoms with E-state index in [2.05, 4.69) is 10.3 Å². The number of rotatable bonds is 9. The number of fused-ring (bicyclic) bond motifs is 3. The Morgan fingerprint density at radius 2 is 1.67 bits per heavy atom. The van der Waals surface area contributed by atoms with Gasteiger partial charge in [0.05, 0.1) is 0 Å². The molecule has 1 unspecified atom stereocenters. The number of aliphatic hydroxyl groups is 1. The first kappa shape index (κ1) is 25.2. The van der Waals surface area contributed by atoms with E-state index in [0.717, 1.165) is 22.3 Å². The normalized spacial score (nSPS) is 18.1. The molecule has 7 N–H and O–H groups in total. The second-order valence-corrected chi connectivity index (χ2v) is 9.13. The van der Waals surface area contributed by atoms with Crippen molar-refractivity contribution in [1.82, 2.24) is 10.2 Å². The fourth-order valence-corrected chi connectivity index (χ4v) is 5.18. The Morgan fingerprint density at radius 3 is 2.25 bits per heavy atom. The molecule has 0 bridgehead atoms. The Morgan fingerprint density at radius 1 is 1.06 bits per heavy atom. The first-order valence-electron chi connectivity index (χ1n) is 12.0. The van der Waals surface area contributed by atoms with Crippen molar-refractivity contribution in [2.75, 3.05) is 13.1 Å². The molecule has 0 radical (unpaired) electrons. The van der Waals surface area contributed by atoms with E-state index < -0.39 is 41.9 Å². The smallest absolute Gasteiger partial charge is 0.326 e. The summed E-state index contributed by atoms with van der Waals surface area (Å²) < 4.78 is 0. The van der Waals surface area contributed by atoms with Crippen LogP contribution in [-0.2, 0) is 14.4 Å². The molecular weight excluding hydrogens is 462 g/mol. The number of nitrogens with one attached hydrogen (secondary N) is 1. The van der Waals surface area contributed by atoms with Gasteiger partial charge >= 0.3 is 5.97 Å². The average Bonchev–Trinajstić information content (AvgIpc) is 3.48. The zero-order valence-corrected chi connectivity index (χ0v) is 19.8. The summed E-state index contributed by atoms with van der Waals surface area (Å²) in [6.07, 6.45) is 0.0930. The number of carbonyl (C=O) groups excluding carboxylic acids is 2. The molecule has 1 aliphatic carbocycles. The monoisotopic (exact) mass is 493 g/mol. The number of hydrogen-bond donors (Lipinski definition) is 5. The predicted molar refractivity (Wildman–Crippen MR) is 134 cm³/mol. The number of nitrogens with two attached hydrogens (primary N) is 2. The van der Waals surface area contributed by atoms with E-state index >= 15 is 0 Å². The summed E-state index contributed by atoms with van der Waals surface area (Å²) in [6.45, 7) is 0.554. The SMILES string of the molecule is NC(N)=NCCC[C@H](NC(=O)[C@@H]1CCCN1C(=O)C(O)C1c2ccccc2-c2ccccc21)C(=O)O. The van der Waals surface area contributed by atoms with Crippen LogP contribution >= 0.6 is 0 Å². The zero-order valence-electron chi connectivity index (χ0n) is 19.8. The van der Waals surface area contributed by atoms with E-state index in [-0.39, 0.29) is 18.9 Å². The lowest BCUT2D eigenvalue weighted by molar-refractivity contribution is -0.147. The molecule has 0 aromatic heterocycles. The summed E-state index contributed by atoms with van der Waals surface area (Å²) in [5, 5.41) is 23.4. The third-order valence-electron chi connectivity index (χ3n) is 6.85. The van der Waals surface area contributed by atoms with Crippen LogP contribution < -0.4 is 16.8 Å². The molecule has 3 atom stereocenters. The highest BCUT2D eigenvalue weighted by molar-refractivity contribution is 5.93. The minimum Gasteiger partial charge on any atom is -0.480 e. The first-order valence-corrected chi connectivity index (χ1v) is 12.0. The molecule has 0 saturated carbocycles. The van der Waals surface area contributed by atoms with E-state index in [0.29, 0.717) is 25.8 Å². The van der Waals surface area contributed by atoms with Crippen LogP contribution in [0.5, 0.6) is 0 Å². The molecule has 0 spiro atoms. The van der Waals surface area contributed by atoms with Gasteiger partial charge in [0.1, 0.15) is 18.2 Å². The van der Waals surface area contributed by atoms with Crippen molar-refractivity contribution in [3.8, 4) is 11.1 Å². The van der Waals surface area contributed by atoms with Crippen LogP contribution in [0, 0.1) is 0 Å². The molecule has 1 heterocycles. The topological polar surface area (TPSA) is 171 Å². The number of aliphatic imine (C=N–C) groups is 1. The standard InChI is InChI=1S/C26H31N5O5/c27-26(28)29-13-5-11-19(25(35)36)30-23(33)20-12-6-14-31(20)24(34)22(32)21-17-9-3-1-7-15(17)16-8-2-4-10-18(16)21/h1-4,7-10,19-22,32H,5-6,11-14H2,(H,30,33)(H,35,36)(H4,27,28,29)/t19-,20-,22?/m0/s1. The molecule has 1 fully saturated rings. The van der Waals surface area contributed by atoms with Gasteiger partial charge in [-0.3, -0.25) is 14.6 Å². The van der Waals surface area contributed by atoms with Crippen LogP contribution in [0.15, 0.2) is 53.5 Å². The number of guanidine groups is 1. The largest absolute Gasteiger partial charge is 0.480 e. The molecule has 36 heavy (non-hydrogen) atoms. The van der Waals surface area contributed by atoms with Crippen LogP contribution in [0.4, 0.5) is 0 Å². The molecule has 1 saturated heterocycles. The number of likely N-dealkylation sites (tertiary alicyclic amines) is 1. The van der Waals surface area contributed by atoms with Crippen molar-refractivity contribution >= 4 is 23.7 Å². The van der Waals surface area contributed by atoms with Crippen molar-refractivity contribution < 1.29 is 24.6 Å². The Hall–Kier alpha value is -3.92. The molecule has 2 aromatic carbocycles. The van der Waals surface area contributed by atoms with Gasteiger partial charge in [-0.2, -0.15) is 0 Å². The average molecular weight is 494 g/mol. The summed E-state index contributed by atoms with van der Waals surface area (Å²) in [7, 11) is 0. The van der Waals surface area contributed by atoms with Crippen LogP contribution in [0.25, 0.3) is 11.1 Å². The van der Waals surface area contributed by atoms with E-state index in [1.807, 2.05) is 48.5 Å². The van der Waals surface area contributed by atoms with Gasteiger partial charge in [-0.15, -0.1) is 0 Å². The summed E-state index contributed by atoms with van der Waals surface area (Å²) in [5.74, 6) is -2.89. The van der Waals surface area contributed by atoms with Crippen molar-refractivity contribution in [1.29, 1.82) is 0 Å². The highest BCUT2D eigenvalue weighted by atomic mass is 16.4. The number of aliphatic hydroxyl groups excluding tert-OH is 1. The number of aliphatic carboxylic acids is 1. The molecule has 2 amide bonds. The van der Waals surface area contributed by atoms with Gasteiger partial charge in [-0.05, 0) is 47.9 Å². The summed E-state index contributed by atoms with van der Waals surface area (Å²) in [5.41, 5.74) is 14.3. The Labute approximate surface area is 209 Å². The minimum atomic E-state index is -1.38. The first-order chi connectivity index (χ1) is 17.3. The molecular formula is C26H31N5O5. The molecule has 10 nitrogen and oxygen atoms in total. The Kier molecular flexibility index (Phi) is 7.54. The van der Waals surface area contributed by atoms with Gasteiger partial charge in [0.2, 0.25) is 5.91 Å². The maximum absolute atomic E-state index is 13.5. The molecule has 1 aliphatic heterocycles. The van der Waals surface area contributed by atoms with Crippen molar-refractivity contribution in [2.24, 2.45) is 16.5 Å². The van der Waals surface area contributed by atoms with E-state index in [9.17, 15) is 24.6 Å². The number of hydrogen-bond acceptors (Lipinski definition) is 5. The molecule has 190 valence electrons. The van der Waals surface area contributed by atoms with Gasteiger partial charge < -0.3 is 31.9 Å². The lowest BCUT2D eigenvalue weighted by atomic mass is 9.90. The van der Waals surface area contributed by atoms with Crippen molar-refractivity contribution in [3.63, 3.8) is 0 Å². The van der Waals surface area contributed by atoms with Crippen LogP contribution in [0.3, 0.4) is 0 Å². The fourth-order valence-electron chi connectivity index (χ4n) is 5.18. The third-order valence-corrected chi connectivity index (χ3v) is 6.85. The minimum absolute atomic E-state index is 0.0860. The summed E-state index contributed by atoms with van der Waals surface area (Å²) in [6, 6.07) is 13.4. The number of amides is 2. The number of carboxylic acid groups (broad SMARTS) is 1. The lowest BCUT2D eigenvalue weighted by Gasteiger charge is -2.29. The number of carbonyl (C=O) groups is 3. The molecule has 10 heteroatoms. The quantitative estimate of drug-likeness (QED) is 0.195. The van der Waals surface area contributed by atoms with Crippen molar-refractivity contribution in [2.45, 2.75) is 49.8 Å². The van der Waals surface area contributed by atoms with Gasteiger partial charge in [0, 0.05) is 19.0 Å². The van der Waals surface area contributed by atoms with E-state index in [1.54, 1.807) is 0 Å². The highest BCUT2D eigenvalue weighted by Crippen LogP contribution is 2.46. The van der Waals surface area contributed by atoms with E-state index in [1.165, 1.54) is 4.90 Å². The second-order valence-electron chi connectivity index (χ2n) is 9.13. The van der Waals surface area contributed by atoms with E-state index in [4.69, 9.17) is 11.5 Å². The number of nitrogens with zero attached hydrogens (tertiary/aromatic N) is 2. The second kappa shape index (κ2) is 10.8. The fraction of sp³-hybridized carbons (Fsp3) is 0.385. The van der Waals surface area contributed by atoms with Crippen molar-refractivity contribution in [3.05, 3.63) is 59.7 Å². The number of benzene rings is 2. The van der Waals surface area contributed by atoms with Crippen LogP contribution in [0.1, 0.15) is 42.7 Å². The number of carboxylic acids is 1. The van der Waals surface area contributed by atoms with Gasteiger partial charge in [-0.1, -0.05) is 48.5 Å². The van der Waals surface area contributed by atoms with Crippen LogP contribution in [-0.4, -0.2) is 70.1 Å². The Balaban J connectivity index is 1.48. The highest BCUT2D eigenvalue weighted by Gasteiger charge is 2.43. The molecule has 2 aliphatic rings. The van der Waals surface area contributed by atoms with Gasteiger partial charge in [-0.25, -0.2) is 4.79 Å². The maximum Gasteiger partial charge on any atom is 0.326 e. The lowest BCUT2D eigenvalue weighted by Crippen LogP contribution is -2.53. The van der Waals surface area contributed by atoms with Gasteiger partial charge in [0.15, 0.2) is 5.96 Å². The third kappa shape index (κ3) is 5.03.